The molecule has 18 heavy (non-hydrogen) atoms. The Morgan fingerprint density at radius 2 is 2.39 bits per heavy atom. The monoisotopic (exact) mass is 265 g/mol. The minimum Gasteiger partial charge on any atom is -0.394 e. The number of hydrogen-bond acceptors (Lipinski definition) is 2. The molecule has 0 spiro atoms. The molecule has 1 amide bonds. The Kier molecular flexibility index (Phi) is 4.39. The summed E-state index contributed by atoms with van der Waals surface area (Å²) < 4.78 is 0. The third-order valence-electron chi connectivity index (χ3n) is 3.14. The van der Waals surface area contributed by atoms with Crippen LogP contribution in [0.2, 0.25) is 5.02 Å². The summed E-state index contributed by atoms with van der Waals surface area (Å²) in [7, 11) is 0. The Hall–Kier alpha value is -1.32. The van der Waals surface area contributed by atoms with Crippen molar-refractivity contribution in [3.8, 4) is 0 Å². The molecule has 96 valence electrons. The molecule has 0 bridgehead atoms. The molecule has 1 unspecified atom stereocenters. The summed E-state index contributed by atoms with van der Waals surface area (Å²) in [5.41, 5.74) is 0.899. The van der Waals surface area contributed by atoms with E-state index in [0.717, 1.165) is 24.9 Å². The molecule has 2 rings (SSSR count). The predicted molar refractivity (Wildman–Crippen MR) is 72.3 cm³/mol. The Morgan fingerprint density at radius 3 is 3.11 bits per heavy atom. The van der Waals surface area contributed by atoms with Crippen LogP contribution in [0, 0.1) is 0 Å². The van der Waals surface area contributed by atoms with E-state index in [0.29, 0.717) is 5.02 Å². The van der Waals surface area contributed by atoms with Crippen molar-refractivity contribution in [2.75, 3.05) is 13.2 Å². The third kappa shape index (κ3) is 3.12. The summed E-state index contributed by atoms with van der Waals surface area (Å²) in [5, 5.41) is 9.82. The second-order valence-corrected chi connectivity index (χ2v) is 4.84. The smallest absolute Gasteiger partial charge is 0.246 e. The van der Waals surface area contributed by atoms with Gasteiger partial charge in [0.1, 0.15) is 0 Å². The van der Waals surface area contributed by atoms with Crippen LogP contribution in [0.5, 0.6) is 0 Å². The van der Waals surface area contributed by atoms with Crippen molar-refractivity contribution in [2.45, 2.75) is 18.9 Å². The van der Waals surface area contributed by atoms with Gasteiger partial charge in [-0.05, 0) is 36.6 Å². The number of aliphatic hydroxyl groups is 1. The van der Waals surface area contributed by atoms with E-state index in [1.807, 2.05) is 12.1 Å². The molecule has 1 aliphatic rings. The number of benzene rings is 1. The predicted octanol–water partition coefficient (Wildman–Crippen LogP) is 2.34. The van der Waals surface area contributed by atoms with E-state index in [1.165, 1.54) is 0 Å². The normalized spacial score (nSPS) is 19.7. The lowest BCUT2D eigenvalue weighted by Crippen LogP contribution is -2.36. The highest BCUT2D eigenvalue weighted by Gasteiger charge is 2.26. The second kappa shape index (κ2) is 6.03. The Labute approximate surface area is 112 Å². The topological polar surface area (TPSA) is 40.5 Å². The van der Waals surface area contributed by atoms with E-state index in [2.05, 4.69) is 0 Å². The third-order valence-corrected chi connectivity index (χ3v) is 3.37. The van der Waals surface area contributed by atoms with Gasteiger partial charge >= 0.3 is 0 Å². The molecule has 1 fully saturated rings. The maximum Gasteiger partial charge on any atom is 0.246 e. The molecular formula is C14H16ClNO2. The lowest BCUT2D eigenvalue weighted by atomic mass is 10.2. The minimum absolute atomic E-state index is 0.0264. The van der Waals surface area contributed by atoms with Gasteiger partial charge in [-0.15, -0.1) is 0 Å². The van der Waals surface area contributed by atoms with E-state index in [4.69, 9.17) is 11.6 Å². The van der Waals surface area contributed by atoms with Crippen LogP contribution in [0.3, 0.4) is 0 Å². The van der Waals surface area contributed by atoms with Crippen LogP contribution in [0.1, 0.15) is 18.4 Å². The molecule has 1 aliphatic heterocycles. The fourth-order valence-corrected chi connectivity index (χ4v) is 2.39. The number of rotatable bonds is 3. The van der Waals surface area contributed by atoms with Gasteiger partial charge in [-0.2, -0.15) is 0 Å². The van der Waals surface area contributed by atoms with Crippen molar-refractivity contribution in [2.24, 2.45) is 0 Å². The van der Waals surface area contributed by atoms with Gasteiger partial charge in [0.15, 0.2) is 0 Å². The number of halogens is 1. The summed E-state index contributed by atoms with van der Waals surface area (Å²) in [6, 6.07) is 7.31. The number of likely N-dealkylation sites (tertiary alicyclic amines) is 1. The van der Waals surface area contributed by atoms with Gasteiger partial charge < -0.3 is 10.0 Å². The van der Waals surface area contributed by atoms with E-state index >= 15 is 0 Å². The number of amides is 1. The number of carbonyl (C=O) groups is 1. The van der Waals surface area contributed by atoms with Gasteiger partial charge in [-0.3, -0.25) is 4.79 Å². The van der Waals surface area contributed by atoms with Crippen LogP contribution >= 0.6 is 11.6 Å². The van der Waals surface area contributed by atoms with Crippen LogP contribution in [-0.2, 0) is 4.79 Å². The zero-order valence-corrected chi connectivity index (χ0v) is 10.8. The summed E-state index contributed by atoms with van der Waals surface area (Å²) in [4.78, 5) is 13.7. The maximum atomic E-state index is 12.0. The van der Waals surface area contributed by atoms with Crippen molar-refractivity contribution in [3.63, 3.8) is 0 Å². The van der Waals surface area contributed by atoms with Gasteiger partial charge in [0.25, 0.3) is 0 Å². The first-order valence-electron chi connectivity index (χ1n) is 6.06. The van der Waals surface area contributed by atoms with E-state index in [9.17, 15) is 9.90 Å². The summed E-state index contributed by atoms with van der Waals surface area (Å²) in [6.07, 6.45) is 5.13. The summed E-state index contributed by atoms with van der Waals surface area (Å²) in [5.74, 6) is -0.0495. The van der Waals surface area contributed by atoms with Gasteiger partial charge in [0.2, 0.25) is 5.91 Å². The molecule has 1 atom stereocenters. The average molecular weight is 266 g/mol. The van der Waals surface area contributed by atoms with E-state index < -0.39 is 0 Å². The first-order chi connectivity index (χ1) is 8.70. The van der Waals surface area contributed by atoms with Gasteiger partial charge in [0, 0.05) is 17.6 Å². The van der Waals surface area contributed by atoms with Crippen LogP contribution in [-0.4, -0.2) is 35.1 Å². The maximum absolute atomic E-state index is 12.0. The standard InChI is InChI=1S/C14H16ClNO2/c15-12-4-1-3-11(9-12)6-7-14(18)16-8-2-5-13(16)10-17/h1,3-4,6-7,9,13,17H,2,5,8,10H2/b7-6+. The van der Waals surface area contributed by atoms with Crippen molar-refractivity contribution in [1.82, 2.24) is 4.90 Å². The molecule has 1 heterocycles. The number of aliphatic hydroxyl groups excluding tert-OH is 1. The lowest BCUT2D eigenvalue weighted by molar-refractivity contribution is -0.127. The van der Waals surface area contributed by atoms with E-state index in [-0.39, 0.29) is 18.6 Å². The van der Waals surface area contributed by atoms with Gasteiger partial charge in [-0.25, -0.2) is 0 Å². The van der Waals surface area contributed by atoms with Crippen molar-refractivity contribution in [3.05, 3.63) is 40.9 Å². The van der Waals surface area contributed by atoms with Gasteiger partial charge in [0.05, 0.1) is 12.6 Å². The van der Waals surface area contributed by atoms with Crippen molar-refractivity contribution in [1.29, 1.82) is 0 Å². The molecule has 0 radical (unpaired) electrons. The zero-order chi connectivity index (χ0) is 13.0. The van der Waals surface area contributed by atoms with Crippen LogP contribution < -0.4 is 0 Å². The molecule has 1 saturated heterocycles. The minimum atomic E-state index is -0.0495. The Morgan fingerprint density at radius 1 is 1.56 bits per heavy atom. The quantitative estimate of drug-likeness (QED) is 0.853. The van der Waals surface area contributed by atoms with Gasteiger partial charge in [-0.1, -0.05) is 23.7 Å². The van der Waals surface area contributed by atoms with Crippen LogP contribution in [0.25, 0.3) is 6.08 Å². The summed E-state index contributed by atoms with van der Waals surface area (Å²) >= 11 is 5.87. The Bertz CT molecular complexity index is 459. The molecule has 4 heteroatoms. The zero-order valence-electron chi connectivity index (χ0n) is 10.1. The largest absolute Gasteiger partial charge is 0.394 e. The Balaban J connectivity index is 2.02. The molecule has 0 aromatic heterocycles. The number of hydrogen-bond donors (Lipinski definition) is 1. The van der Waals surface area contributed by atoms with Crippen molar-refractivity contribution < 1.29 is 9.90 Å². The van der Waals surface area contributed by atoms with Crippen LogP contribution in [0.15, 0.2) is 30.3 Å². The first kappa shape index (κ1) is 13.1. The summed E-state index contributed by atoms with van der Waals surface area (Å²) in [6.45, 7) is 0.765. The molecule has 3 nitrogen and oxygen atoms in total. The molecule has 1 aromatic carbocycles. The average Bonchev–Trinajstić information content (AvgIpc) is 2.84. The molecule has 1 aromatic rings. The first-order valence-corrected chi connectivity index (χ1v) is 6.43. The number of nitrogens with zero attached hydrogens (tertiary/aromatic N) is 1. The SMILES string of the molecule is O=C(/C=C/c1cccc(Cl)c1)N1CCCC1CO. The fraction of sp³-hybridized carbons (Fsp3) is 0.357. The highest BCUT2D eigenvalue weighted by molar-refractivity contribution is 6.30. The molecule has 0 aliphatic carbocycles. The highest BCUT2D eigenvalue weighted by Crippen LogP contribution is 2.18. The number of carbonyl (C=O) groups excluding carboxylic acids is 1. The molecule has 0 saturated carbocycles. The second-order valence-electron chi connectivity index (χ2n) is 4.40. The molecule has 1 N–H and O–H groups in total. The van der Waals surface area contributed by atoms with Crippen molar-refractivity contribution >= 4 is 23.6 Å². The van der Waals surface area contributed by atoms with E-state index in [1.54, 1.807) is 29.2 Å². The van der Waals surface area contributed by atoms with Crippen LogP contribution in [0.4, 0.5) is 0 Å². The molecular weight excluding hydrogens is 250 g/mol. The fourth-order valence-electron chi connectivity index (χ4n) is 2.19. The highest BCUT2D eigenvalue weighted by atomic mass is 35.5. The lowest BCUT2D eigenvalue weighted by Gasteiger charge is -2.21.